The molecule has 2 aliphatic rings. The summed E-state index contributed by atoms with van der Waals surface area (Å²) < 4.78 is 36.1. The minimum atomic E-state index is -3.13. The molecule has 1 aromatic carbocycles. The number of carbonyl (C=O) groups excluding carboxylic acids is 1. The van der Waals surface area contributed by atoms with E-state index in [0.717, 1.165) is 17.1 Å². The van der Waals surface area contributed by atoms with Gasteiger partial charge >= 0.3 is 12.1 Å². The fourth-order valence-corrected chi connectivity index (χ4v) is 6.03. The lowest BCUT2D eigenvalue weighted by atomic mass is 9.90. The van der Waals surface area contributed by atoms with Crippen molar-refractivity contribution in [1.82, 2.24) is 9.88 Å². The number of anilines is 3. The van der Waals surface area contributed by atoms with Gasteiger partial charge in [0.15, 0.2) is 10.9 Å². The zero-order valence-electron chi connectivity index (χ0n) is 20.0. The average molecular weight is 539 g/mol. The summed E-state index contributed by atoms with van der Waals surface area (Å²) in [5.41, 5.74) is 0.145. The third-order valence-electron chi connectivity index (χ3n) is 6.49. The molecule has 2 fully saturated rings. The van der Waals surface area contributed by atoms with Crippen LogP contribution < -0.4 is 13.9 Å². The first-order chi connectivity index (χ1) is 17.4. The molecule has 2 heterocycles. The maximum absolute atomic E-state index is 12.5. The van der Waals surface area contributed by atoms with Crippen molar-refractivity contribution >= 4 is 50.9 Å². The fourth-order valence-electron chi connectivity index (χ4n) is 4.49. The Hall–Kier alpha value is -3.06. The zero-order valence-corrected chi connectivity index (χ0v) is 21.7. The van der Waals surface area contributed by atoms with Gasteiger partial charge in [0, 0.05) is 31.6 Å². The number of rotatable bonds is 8. The first-order valence-corrected chi connectivity index (χ1v) is 13.9. The van der Waals surface area contributed by atoms with Gasteiger partial charge < -0.3 is 24.4 Å². The van der Waals surface area contributed by atoms with Crippen LogP contribution in [0.2, 0.25) is 0 Å². The van der Waals surface area contributed by atoms with Crippen molar-refractivity contribution in [3.05, 3.63) is 29.1 Å². The van der Waals surface area contributed by atoms with Gasteiger partial charge in [-0.25, -0.2) is 27.3 Å². The lowest BCUT2D eigenvalue weighted by Crippen LogP contribution is -2.49. The largest absolute Gasteiger partial charge is 0.495 e. The van der Waals surface area contributed by atoms with E-state index in [1.54, 1.807) is 10.3 Å². The summed E-state index contributed by atoms with van der Waals surface area (Å²) in [7, 11) is -1.79. The molecule has 36 heavy (non-hydrogen) atoms. The standard InChI is InChI=1S/C23H30N4O7S2/c1-33-19-13-17(21(28)29)7-8-18(19)27(36(31)32)20-15-35-22(24-20)25-9-11-26(12-10-25)23(30)34-14-16-5-3-2-4-6-16/h7-8,13,15-16,36H,2-6,9-12,14H2,1H3,(H,28,29). The van der Waals surface area contributed by atoms with Crippen molar-refractivity contribution in [2.24, 2.45) is 5.92 Å². The molecular weight excluding hydrogens is 508 g/mol. The number of aromatic nitrogens is 1. The van der Waals surface area contributed by atoms with Gasteiger partial charge in [-0.2, -0.15) is 0 Å². The van der Waals surface area contributed by atoms with E-state index in [1.807, 2.05) is 4.90 Å². The minimum Gasteiger partial charge on any atom is -0.495 e. The second-order valence-electron chi connectivity index (χ2n) is 8.78. The molecule has 4 rings (SSSR count). The van der Waals surface area contributed by atoms with E-state index in [0.29, 0.717) is 43.8 Å². The van der Waals surface area contributed by atoms with Crippen LogP contribution in [-0.2, 0) is 15.6 Å². The highest BCUT2D eigenvalue weighted by molar-refractivity contribution is 7.74. The molecule has 196 valence electrons. The van der Waals surface area contributed by atoms with Gasteiger partial charge in [0.05, 0.1) is 19.3 Å². The van der Waals surface area contributed by atoms with Crippen molar-refractivity contribution in [1.29, 1.82) is 0 Å². The Kier molecular flexibility index (Phi) is 8.52. The SMILES string of the molecule is COc1cc(C(=O)O)ccc1N(c1csc(N2CCN(C(=O)OCC3CCCCC3)CC2)n1)[SH](=O)=O. The van der Waals surface area contributed by atoms with Crippen LogP contribution in [0.25, 0.3) is 0 Å². The molecule has 1 N–H and O–H groups in total. The highest BCUT2D eigenvalue weighted by atomic mass is 32.2. The number of carbonyl (C=O) groups is 2. The molecule has 1 aliphatic heterocycles. The number of nitrogens with zero attached hydrogens (tertiary/aromatic N) is 4. The van der Waals surface area contributed by atoms with Crippen molar-refractivity contribution in [3.8, 4) is 5.75 Å². The van der Waals surface area contributed by atoms with E-state index in [1.165, 1.54) is 55.9 Å². The van der Waals surface area contributed by atoms with E-state index in [2.05, 4.69) is 4.98 Å². The number of hydrogen-bond donors (Lipinski definition) is 2. The van der Waals surface area contributed by atoms with Crippen LogP contribution in [0.3, 0.4) is 0 Å². The van der Waals surface area contributed by atoms with E-state index >= 15 is 0 Å². The Balaban J connectivity index is 1.39. The van der Waals surface area contributed by atoms with Crippen molar-refractivity contribution < 1.29 is 32.6 Å². The Morgan fingerprint density at radius 2 is 1.89 bits per heavy atom. The number of hydrogen-bond acceptors (Lipinski definition) is 9. The topological polar surface area (TPSA) is 130 Å². The molecule has 2 aromatic rings. The molecule has 1 amide bonds. The molecule has 0 bridgehead atoms. The molecule has 1 saturated carbocycles. The Bertz CT molecular complexity index is 1150. The summed E-state index contributed by atoms with van der Waals surface area (Å²) in [5.74, 6) is -0.399. The van der Waals surface area contributed by atoms with Gasteiger partial charge in [-0.1, -0.05) is 19.3 Å². The second kappa shape index (κ2) is 11.8. The Labute approximate surface area is 215 Å². The number of carboxylic acids is 1. The normalized spacial score (nSPS) is 16.7. The Morgan fingerprint density at radius 1 is 1.17 bits per heavy atom. The van der Waals surface area contributed by atoms with Gasteiger partial charge in [-0.3, -0.25) is 0 Å². The van der Waals surface area contributed by atoms with Crippen LogP contribution >= 0.6 is 11.3 Å². The molecule has 1 aliphatic carbocycles. The average Bonchev–Trinajstić information content (AvgIpc) is 3.37. The van der Waals surface area contributed by atoms with Crippen LogP contribution in [0.15, 0.2) is 23.6 Å². The molecule has 1 saturated heterocycles. The maximum Gasteiger partial charge on any atom is 0.409 e. The molecule has 0 radical (unpaired) electrons. The summed E-state index contributed by atoms with van der Waals surface area (Å²) >= 11 is 1.29. The monoisotopic (exact) mass is 538 g/mol. The van der Waals surface area contributed by atoms with Crippen LogP contribution in [0.4, 0.5) is 21.4 Å². The summed E-state index contributed by atoms with van der Waals surface area (Å²) in [6.07, 6.45) is 5.62. The fraction of sp³-hybridized carbons (Fsp3) is 0.522. The van der Waals surface area contributed by atoms with Crippen molar-refractivity contribution in [2.75, 3.05) is 49.1 Å². The molecule has 11 nitrogen and oxygen atoms in total. The first kappa shape index (κ1) is 26.0. The molecule has 13 heteroatoms. The van der Waals surface area contributed by atoms with Gasteiger partial charge in [-0.15, -0.1) is 11.3 Å². The predicted molar refractivity (Wildman–Crippen MR) is 136 cm³/mol. The molecular formula is C23H30N4O7S2. The number of thiazole rings is 1. The summed E-state index contributed by atoms with van der Waals surface area (Å²) in [4.78, 5) is 32.0. The molecule has 0 atom stereocenters. The highest BCUT2D eigenvalue weighted by Crippen LogP contribution is 2.37. The van der Waals surface area contributed by atoms with Crippen LogP contribution in [0.5, 0.6) is 5.75 Å². The molecule has 0 spiro atoms. The third kappa shape index (κ3) is 6.01. The molecule has 0 unspecified atom stereocenters. The highest BCUT2D eigenvalue weighted by Gasteiger charge is 2.27. The maximum atomic E-state index is 12.5. The number of amides is 1. The molecule has 1 aromatic heterocycles. The smallest absolute Gasteiger partial charge is 0.409 e. The van der Waals surface area contributed by atoms with E-state index in [-0.39, 0.29) is 28.9 Å². The number of thiol groups is 1. The number of piperazine rings is 1. The number of methoxy groups -OCH3 is 1. The number of ether oxygens (including phenoxy) is 2. The lowest BCUT2D eigenvalue weighted by Gasteiger charge is -2.34. The van der Waals surface area contributed by atoms with E-state index in [9.17, 15) is 23.1 Å². The minimum absolute atomic E-state index is 0.0224. The number of aromatic carboxylic acids is 1. The first-order valence-electron chi connectivity index (χ1n) is 11.9. The summed E-state index contributed by atoms with van der Waals surface area (Å²) in [6, 6.07) is 3.96. The summed E-state index contributed by atoms with van der Waals surface area (Å²) in [5, 5.41) is 11.5. The lowest BCUT2D eigenvalue weighted by molar-refractivity contribution is 0.0696. The predicted octanol–water partition coefficient (Wildman–Crippen LogP) is 3.35. The third-order valence-corrected chi connectivity index (χ3v) is 8.13. The van der Waals surface area contributed by atoms with Gasteiger partial charge in [0.1, 0.15) is 11.4 Å². The number of carboxylic acid groups (broad SMARTS) is 1. The quantitative estimate of drug-likeness (QED) is 0.486. The summed E-state index contributed by atoms with van der Waals surface area (Å²) in [6.45, 7) is 2.55. The second-order valence-corrected chi connectivity index (χ2v) is 10.5. The van der Waals surface area contributed by atoms with E-state index in [4.69, 9.17) is 9.47 Å². The van der Waals surface area contributed by atoms with Crippen LogP contribution in [0.1, 0.15) is 42.5 Å². The van der Waals surface area contributed by atoms with Gasteiger partial charge in [0.2, 0.25) is 10.9 Å². The van der Waals surface area contributed by atoms with Gasteiger partial charge in [-0.05, 0) is 37.0 Å². The Morgan fingerprint density at radius 3 is 2.53 bits per heavy atom. The zero-order chi connectivity index (χ0) is 25.7. The van der Waals surface area contributed by atoms with Crippen LogP contribution in [0, 0.1) is 5.92 Å². The van der Waals surface area contributed by atoms with Crippen LogP contribution in [-0.4, -0.2) is 75.4 Å². The van der Waals surface area contributed by atoms with Crippen molar-refractivity contribution in [2.45, 2.75) is 32.1 Å². The van der Waals surface area contributed by atoms with Crippen molar-refractivity contribution in [3.63, 3.8) is 0 Å². The van der Waals surface area contributed by atoms with Gasteiger partial charge in [0.25, 0.3) is 0 Å². The van der Waals surface area contributed by atoms with E-state index < -0.39 is 16.9 Å². The number of benzene rings is 1.